The number of benzene rings is 1. The van der Waals surface area contributed by atoms with Crippen LogP contribution >= 0.6 is 0 Å². The molecule has 19 heavy (non-hydrogen) atoms. The first-order chi connectivity index (χ1) is 9.00. The van der Waals surface area contributed by atoms with Crippen LogP contribution in [0.25, 0.3) is 0 Å². The Kier molecular flexibility index (Phi) is 4.37. The highest BCUT2D eigenvalue weighted by Crippen LogP contribution is 2.33. The number of aliphatic hydroxyl groups is 1. The maximum Gasteiger partial charge on any atom is 0.306 e. The van der Waals surface area contributed by atoms with E-state index in [0.717, 1.165) is 0 Å². The SMILES string of the molecule is O=C(O)C1CCC(O)(CS(=O)c2ccccc2)CC1. The molecule has 5 heteroatoms. The minimum atomic E-state index is -1.24. The summed E-state index contributed by atoms with van der Waals surface area (Å²) in [5.41, 5.74) is -0.993. The first kappa shape index (κ1) is 14.2. The molecular formula is C14H18O4S. The summed E-state index contributed by atoms with van der Waals surface area (Å²) in [5.74, 6) is -0.986. The summed E-state index contributed by atoms with van der Waals surface area (Å²) in [7, 11) is -1.24. The molecular weight excluding hydrogens is 264 g/mol. The predicted octanol–water partition coefficient (Wildman–Crippen LogP) is 1.80. The second kappa shape index (κ2) is 5.84. The van der Waals surface area contributed by atoms with Gasteiger partial charge in [0.15, 0.2) is 0 Å². The molecule has 0 amide bonds. The van der Waals surface area contributed by atoms with Crippen molar-refractivity contribution in [2.24, 2.45) is 5.92 Å². The second-order valence-corrected chi connectivity index (χ2v) is 6.59. The Hall–Kier alpha value is -1.20. The molecule has 0 saturated heterocycles. The van der Waals surface area contributed by atoms with Crippen LogP contribution in [-0.2, 0) is 15.6 Å². The van der Waals surface area contributed by atoms with Crippen LogP contribution in [0.4, 0.5) is 0 Å². The van der Waals surface area contributed by atoms with Crippen molar-refractivity contribution in [3.05, 3.63) is 30.3 Å². The minimum absolute atomic E-state index is 0.184. The molecule has 4 nitrogen and oxygen atoms in total. The molecule has 1 aromatic carbocycles. The molecule has 2 rings (SSSR count). The quantitative estimate of drug-likeness (QED) is 0.883. The number of carbonyl (C=O) groups is 1. The summed E-state index contributed by atoms with van der Waals surface area (Å²) in [6.45, 7) is 0. The topological polar surface area (TPSA) is 74.6 Å². The van der Waals surface area contributed by atoms with Crippen LogP contribution in [0.1, 0.15) is 25.7 Å². The second-order valence-electron chi connectivity index (χ2n) is 5.14. The first-order valence-electron chi connectivity index (χ1n) is 6.39. The van der Waals surface area contributed by atoms with Gasteiger partial charge in [-0.05, 0) is 37.8 Å². The fourth-order valence-electron chi connectivity index (χ4n) is 2.45. The zero-order chi connectivity index (χ0) is 13.9. The van der Waals surface area contributed by atoms with Gasteiger partial charge in [0.1, 0.15) is 0 Å². The number of hydrogen-bond acceptors (Lipinski definition) is 3. The van der Waals surface area contributed by atoms with Crippen LogP contribution in [-0.4, -0.2) is 31.7 Å². The Morgan fingerprint density at radius 1 is 1.26 bits per heavy atom. The Bertz CT molecular complexity index is 464. The molecule has 1 saturated carbocycles. The van der Waals surface area contributed by atoms with Crippen LogP contribution in [0.15, 0.2) is 35.2 Å². The van der Waals surface area contributed by atoms with Crippen molar-refractivity contribution < 1.29 is 19.2 Å². The lowest BCUT2D eigenvalue weighted by atomic mass is 9.80. The standard InChI is InChI=1S/C14H18O4S/c15-13(16)11-6-8-14(17,9-7-11)10-19(18)12-4-2-1-3-5-12/h1-5,11,17H,6-10H2,(H,15,16). The van der Waals surface area contributed by atoms with Gasteiger partial charge in [0.05, 0.1) is 28.1 Å². The Balaban J connectivity index is 1.96. The molecule has 0 bridgehead atoms. The normalized spacial score (nSPS) is 28.8. The lowest BCUT2D eigenvalue weighted by Gasteiger charge is -2.34. The molecule has 0 heterocycles. The maximum atomic E-state index is 12.2. The molecule has 0 radical (unpaired) electrons. The number of aliphatic carboxylic acids is 1. The van der Waals surface area contributed by atoms with Crippen LogP contribution in [0.2, 0.25) is 0 Å². The maximum absolute atomic E-state index is 12.2. The van der Waals surface area contributed by atoms with E-state index in [0.29, 0.717) is 30.6 Å². The van der Waals surface area contributed by atoms with Gasteiger partial charge < -0.3 is 10.2 Å². The third-order valence-electron chi connectivity index (χ3n) is 3.67. The van der Waals surface area contributed by atoms with Gasteiger partial charge in [-0.1, -0.05) is 18.2 Å². The molecule has 2 N–H and O–H groups in total. The highest BCUT2D eigenvalue weighted by molar-refractivity contribution is 7.85. The number of carboxylic acid groups (broad SMARTS) is 1. The van der Waals surface area contributed by atoms with Crippen molar-refractivity contribution in [2.45, 2.75) is 36.2 Å². The molecule has 104 valence electrons. The zero-order valence-electron chi connectivity index (χ0n) is 10.6. The van der Waals surface area contributed by atoms with Crippen LogP contribution in [0, 0.1) is 5.92 Å². The Labute approximate surface area is 114 Å². The van der Waals surface area contributed by atoms with Crippen molar-refractivity contribution in [1.29, 1.82) is 0 Å². The fourth-order valence-corrected chi connectivity index (χ4v) is 3.85. The van der Waals surface area contributed by atoms with E-state index < -0.39 is 22.4 Å². The summed E-state index contributed by atoms with van der Waals surface area (Å²) in [5, 5.41) is 19.3. The molecule has 1 unspecified atom stereocenters. The van der Waals surface area contributed by atoms with Gasteiger partial charge in [0, 0.05) is 4.90 Å². The molecule has 1 atom stereocenters. The van der Waals surface area contributed by atoms with Crippen LogP contribution in [0.3, 0.4) is 0 Å². The predicted molar refractivity (Wildman–Crippen MR) is 72.3 cm³/mol. The van der Waals surface area contributed by atoms with Crippen molar-refractivity contribution in [3.63, 3.8) is 0 Å². The third kappa shape index (κ3) is 3.64. The van der Waals surface area contributed by atoms with Crippen molar-refractivity contribution >= 4 is 16.8 Å². The average Bonchev–Trinajstić information content (AvgIpc) is 2.40. The van der Waals surface area contributed by atoms with E-state index in [2.05, 4.69) is 0 Å². The van der Waals surface area contributed by atoms with Crippen LogP contribution in [0.5, 0.6) is 0 Å². The molecule has 0 aliphatic heterocycles. The molecule has 0 aromatic heterocycles. The van der Waals surface area contributed by atoms with Gasteiger partial charge in [0.25, 0.3) is 0 Å². The van der Waals surface area contributed by atoms with E-state index in [-0.39, 0.29) is 11.7 Å². The van der Waals surface area contributed by atoms with E-state index in [4.69, 9.17) is 5.11 Å². The lowest BCUT2D eigenvalue weighted by Crippen LogP contribution is -2.40. The highest BCUT2D eigenvalue weighted by atomic mass is 32.2. The summed E-state index contributed by atoms with van der Waals surface area (Å²) < 4.78 is 12.2. The third-order valence-corrected chi connectivity index (χ3v) is 5.27. The number of rotatable bonds is 4. The molecule has 0 spiro atoms. The highest BCUT2D eigenvalue weighted by Gasteiger charge is 2.37. The minimum Gasteiger partial charge on any atom is -0.481 e. The molecule has 1 aromatic rings. The number of carboxylic acids is 1. The van der Waals surface area contributed by atoms with Crippen molar-refractivity contribution in [1.82, 2.24) is 0 Å². The van der Waals surface area contributed by atoms with E-state index in [1.165, 1.54) is 0 Å². The summed E-state index contributed by atoms with van der Waals surface area (Å²) in [6, 6.07) is 9.05. The van der Waals surface area contributed by atoms with Gasteiger partial charge in [-0.25, -0.2) is 0 Å². The summed E-state index contributed by atoms with van der Waals surface area (Å²) in [6.07, 6.45) is 1.72. The zero-order valence-corrected chi connectivity index (χ0v) is 11.4. The molecule has 1 aliphatic carbocycles. The van der Waals surface area contributed by atoms with E-state index >= 15 is 0 Å². The molecule has 1 aliphatic rings. The van der Waals surface area contributed by atoms with E-state index in [9.17, 15) is 14.1 Å². The average molecular weight is 282 g/mol. The largest absolute Gasteiger partial charge is 0.481 e. The number of hydrogen-bond donors (Lipinski definition) is 2. The van der Waals surface area contributed by atoms with E-state index in [1.54, 1.807) is 12.1 Å². The fraction of sp³-hybridized carbons (Fsp3) is 0.500. The van der Waals surface area contributed by atoms with Crippen molar-refractivity contribution in [2.75, 3.05) is 5.75 Å². The monoisotopic (exact) mass is 282 g/mol. The van der Waals surface area contributed by atoms with E-state index in [1.807, 2.05) is 18.2 Å². The summed E-state index contributed by atoms with van der Waals surface area (Å²) >= 11 is 0. The lowest BCUT2D eigenvalue weighted by molar-refractivity contribution is -0.144. The van der Waals surface area contributed by atoms with Crippen molar-refractivity contribution in [3.8, 4) is 0 Å². The van der Waals surface area contributed by atoms with Gasteiger partial charge in [-0.2, -0.15) is 0 Å². The van der Waals surface area contributed by atoms with Gasteiger partial charge in [-0.3, -0.25) is 9.00 Å². The Morgan fingerprint density at radius 2 is 1.84 bits per heavy atom. The smallest absolute Gasteiger partial charge is 0.306 e. The van der Waals surface area contributed by atoms with Crippen LogP contribution < -0.4 is 0 Å². The Morgan fingerprint density at radius 3 is 2.37 bits per heavy atom. The van der Waals surface area contributed by atoms with Gasteiger partial charge >= 0.3 is 5.97 Å². The summed E-state index contributed by atoms with van der Waals surface area (Å²) in [4.78, 5) is 11.6. The van der Waals surface area contributed by atoms with Gasteiger partial charge in [-0.15, -0.1) is 0 Å². The van der Waals surface area contributed by atoms with Gasteiger partial charge in [0.2, 0.25) is 0 Å². The first-order valence-corrected chi connectivity index (χ1v) is 7.71. The molecule has 1 fully saturated rings.